The Balaban J connectivity index is 1.61. The molecule has 0 saturated carbocycles. The molecular weight excluding hydrogens is 328 g/mol. The van der Waals surface area contributed by atoms with Crippen LogP contribution in [-0.2, 0) is 11.3 Å². The summed E-state index contributed by atoms with van der Waals surface area (Å²) < 4.78 is 5.76. The molecule has 0 aliphatic carbocycles. The van der Waals surface area contributed by atoms with E-state index < -0.39 is 0 Å². The number of amides is 1. The number of carbonyl (C=O) groups is 1. The molecule has 1 N–H and O–H groups in total. The number of nitrogens with zero attached hydrogens (tertiary/aromatic N) is 3. The van der Waals surface area contributed by atoms with Crippen molar-refractivity contribution in [2.75, 3.05) is 13.1 Å². The number of nitrogens with one attached hydrogen (secondary N) is 1. The molecule has 24 heavy (non-hydrogen) atoms. The molecule has 3 rings (SSSR count). The van der Waals surface area contributed by atoms with Gasteiger partial charge in [-0.25, -0.2) is 0 Å². The largest absolute Gasteiger partial charge is 0.419 e. The van der Waals surface area contributed by atoms with Crippen LogP contribution < -0.4 is 5.32 Å². The van der Waals surface area contributed by atoms with Gasteiger partial charge in [0.1, 0.15) is 0 Å². The smallest absolute Gasteiger partial charge is 0.247 e. The van der Waals surface area contributed by atoms with Crippen LogP contribution in [0.15, 0.2) is 28.7 Å². The summed E-state index contributed by atoms with van der Waals surface area (Å²) in [5.74, 6) is 1.15. The Morgan fingerprint density at radius 1 is 1.46 bits per heavy atom. The summed E-state index contributed by atoms with van der Waals surface area (Å²) in [6, 6.07) is 7.55. The molecule has 2 heterocycles. The van der Waals surface area contributed by atoms with Crippen molar-refractivity contribution in [3.8, 4) is 11.5 Å². The van der Waals surface area contributed by atoms with Crippen molar-refractivity contribution < 1.29 is 9.21 Å². The Labute approximate surface area is 146 Å². The van der Waals surface area contributed by atoms with Gasteiger partial charge in [-0.15, -0.1) is 10.2 Å². The van der Waals surface area contributed by atoms with Gasteiger partial charge in [-0.05, 0) is 37.6 Å². The average Bonchev–Trinajstić information content (AvgIpc) is 3.03. The van der Waals surface area contributed by atoms with Crippen molar-refractivity contribution in [1.82, 2.24) is 20.4 Å². The molecule has 0 unspecified atom stereocenters. The van der Waals surface area contributed by atoms with Crippen molar-refractivity contribution >= 4 is 17.5 Å². The van der Waals surface area contributed by atoms with Gasteiger partial charge in [-0.3, -0.25) is 9.69 Å². The van der Waals surface area contributed by atoms with Gasteiger partial charge >= 0.3 is 0 Å². The Morgan fingerprint density at radius 2 is 2.33 bits per heavy atom. The lowest BCUT2D eigenvalue weighted by Crippen LogP contribution is -2.47. The van der Waals surface area contributed by atoms with Gasteiger partial charge < -0.3 is 9.73 Å². The summed E-state index contributed by atoms with van der Waals surface area (Å²) >= 11 is 5.99. The molecule has 2 aromatic rings. The minimum atomic E-state index is 0.0999. The summed E-state index contributed by atoms with van der Waals surface area (Å²) in [4.78, 5) is 13.8. The normalized spacial score (nSPS) is 18.5. The summed E-state index contributed by atoms with van der Waals surface area (Å²) in [6.07, 6.45) is 2.58. The van der Waals surface area contributed by atoms with Crippen LogP contribution in [0.25, 0.3) is 11.5 Å². The zero-order valence-electron chi connectivity index (χ0n) is 13.7. The highest BCUT2D eigenvalue weighted by molar-refractivity contribution is 6.30. The van der Waals surface area contributed by atoms with E-state index in [0.717, 1.165) is 31.5 Å². The number of benzene rings is 1. The van der Waals surface area contributed by atoms with E-state index in [0.29, 0.717) is 29.8 Å². The summed E-state index contributed by atoms with van der Waals surface area (Å²) in [7, 11) is 0. The summed E-state index contributed by atoms with van der Waals surface area (Å²) in [6.45, 7) is 4.23. The fraction of sp³-hybridized carbons (Fsp3) is 0.471. The molecular formula is C17H21ClN4O2. The second-order valence-corrected chi connectivity index (χ2v) is 6.44. The van der Waals surface area contributed by atoms with E-state index in [1.807, 2.05) is 19.1 Å². The minimum absolute atomic E-state index is 0.0999. The van der Waals surface area contributed by atoms with Crippen molar-refractivity contribution in [1.29, 1.82) is 0 Å². The van der Waals surface area contributed by atoms with Gasteiger partial charge in [0, 0.05) is 29.6 Å². The second kappa shape index (κ2) is 7.77. The maximum Gasteiger partial charge on any atom is 0.247 e. The van der Waals surface area contributed by atoms with Gasteiger partial charge in [0.15, 0.2) is 0 Å². The van der Waals surface area contributed by atoms with Crippen LogP contribution in [0, 0.1) is 0 Å². The molecule has 1 aliphatic rings. The van der Waals surface area contributed by atoms with Crippen LogP contribution in [0.2, 0.25) is 5.02 Å². The Morgan fingerprint density at radius 3 is 3.12 bits per heavy atom. The van der Waals surface area contributed by atoms with Gasteiger partial charge in [0.2, 0.25) is 17.7 Å². The molecule has 6 nitrogen and oxygen atoms in total. The number of likely N-dealkylation sites (tertiary alicyclic amines) is 1. The van der Waals surface area contributed by atoms with E-state index in [4.69, 9.17) is 16.0 Å². The molecule has 1 fully saturated rings. The third-order valence-corrected chi connectivity index (χ3v) is 4.32. The molecule has 0 bridgehead atoms. The van der Waals surface area contributed by atoms with E-state index in [2.05, 4.69) is 20.4 Å². The van der Waals surface area contributed by atoms with Crippen LogP contribution in [0.1, 0.15) is 32.1 Å². The van der Waals surface area contributed by atoms with E-state index in [9.17, 15) is 4.79 Å². The predicted molar refractivity (Wildman–Crippen MR) is 91.5 cm³/mol. The van der Waals surface area contributed by atoms with Crippen LogP contribution >= 0.6 is 11.6 Å². The molecule has 0 radical (unpaired) electrons. The monoisotopic (exact) mass is 348 g/mol. The molecule has 1 atom stereocenters. The first-order valence-corrected chi connectivity index (χ1v) is 8.62. The topological polar surface area (TPSA) is 71.3 Å². The molecule has 1 aromatic carbocycles. The summed E-state index contributed by atoms with van der Waals surface area (Å²) in [5, 5.41) is 11.9. The Hall–Kier alpha value is -1.92. The SMILES string of the molecule is CCC(=O)N[C@@H]1CCCN(Cc2nnc(-c3cccc(Cl)c3)o2)C1. The molecule has 1 saturated heterocycles. The van der Waals surface area contributed by atoms with Gasteiger partial charge in [-0.2, -0.15) is 0 Å². The lowest BCUT2D eigenvalue weighted by atomic mass is 10.1. The molecule has 7 heteroatoms. The van der Waals surface area contributed by atoms with Gasteiger partial charge in [0.05, 0.1) is 6.54 Å². The average molecular weight is 349 g/mol. The highest BCUT2D eigenvalue weighted by Crippen LogP contribution is 2.22. The maximum atomic E-state index is 11.6. The number of piperidine rings is 1. The number of rotatable bonds is 5. The molecule has 1 aliphatic heterocycles. The third kappa shape index (κ3) is 4.33. The number of halogens is 1. The van der Waals surface area contributed by atoms with Crippen LogP contribution in [0.3, 0.4) is 0 Å². The first-order chi connectivity index (χ1) is 11.6. The standard InChI is InChI=1S/C17H21ClN4O2/c1-2-15(23)19-14-7-4-8-22(10-14)11-16-20-21-17(24-16)12-5-3-6-13(18)9-12/h3,5-6,9,14H,2,4,7-8,10-11H2,1H3,(H,19,23)/t14-/m1/s1. The molecule has 1 aromatic heterocycles. The van der Waals surface area contributed by atoms with E-state index in [1.165, 1.54) is 0 Å². The quantitative estimate of drug-likeness (QED) is 0.899. The molecule has 128 valence electrons. The predicted octanol–water partition coefficient (Wildman–Crippen LogP) is 2.88. The molecule has 1 amide bonds. The van der Waals surface area contributed by atoms with Gasteiger partial charge in [-0.1, -0.05) is 24.6 Å². The lowest BCUT2D eigenvalue weighted by molar-refractivity contribution is -0.121. The zero-order valence-corrected chi connectivity index (χ0v) is 14.4. The fourth-order valence-corrected chi connectivity index (χ4v) is 3.08. The highest BCUT2D eigenvalue weighted by atomic mass is 35.5. The summed E-state index contributed by atoms with van der Waals surface area (Å²) in [5.41, 5.74) is 0.813. The van der Waals surface area contributed by atoms with Crippen LogP contribution in [0.4, 0.5) is 0 Å². The lowest BCUT2D eigenvalue weighted by Gasteiger charge is -2.32. The highest BCUT2D eigenvalue weighted by Gasteiger charge is 2.22. The fourth-order valence-electron chi connectivity index (χ4n) is 2.89. The zero-order chi connectivity index (χ0) is 16.9. The Kier molecular flexibility index (Phi) is 5.48. The van der Waals surface area contributed by atoms with Crippen molar-refractivity contribution in [2.45, 2.75) is 38.8 Å². The van der Waals surface area contributed by atoms with Crippen LogP contribution in [0.5, 0.6) is 0 Å². The number of hydrogen-bond acceptors (Lipinski definition) is 5. The number of aromatic nitrogens is 2. The number of hydrogen-bond donors (Lipinski definition) is 1. The second-order valence-electron chi connectivity index (χ2n) is 6.01. The minimum Gasteiger partial charge on any atom is -0.419 e. The maximum absolute atomic E-state index is 11.6. The first-order valence-electron chi connectivity index (χ1n) is 8.24. The Bertz CT molecular complexity index is 703. The van der Waals surface area contributed by atoms with Crippen molar-refractivity contribution in [2.24, 2.45) is 0 Å². The van der Waals surface area contributed by atoms with E-state index >= 15 is 0 Å². The first kappa shape index (κ1) is 16.9. The van der Waals surface area contributed by atoms with Crippen molar-refractivity contribution in [3.63, 3.8) is 0 Å². The van der Waals surface area contributed by atoms with E-state index in [-0.39, 0.29) is 11.9 Å². The number of carbonyl (C=O) groups excluding carboxylic acids is 1. The van der Waals surface area contributed by atoms with Gasteiger partial charge in [0.25, 0.3) is 0 Å². The molecule has 0 spiro atoms. The van der Waals surface area contributed by atoms with Crippen molar-refractivity contribution in [3.05, 3.63) is 35.2 Å². The van der Waals surface area contributed by atoms with Crippen LogP contribution in [-0.4, -0.2) is 40.1 Å². The van der Waals surface area contributed by atoms with E-state index in [1.54, 1.807) is 12.1 Å². The third-order valence-electron chi connectivity index (χ3n) is 4.09.